The van der Waals surface area contributed by atoms with Crippen LogP contribution in [0.1, 0.15) is 21.6 Å². The standard InChI is InChI=1S/C27H30N6O3/c1-16-8-18(9-17(2)24(16)32-6-4-31(3)5-7-32)19-10-21-22(12-29-25(21)28-11-19)26-30-23(15-36-26)27(35)33-13-20(34)14-33/h8-12,15,20,34H,4-7,13-14H2,1-3H3,(H,28,29). The Balaban J connectivity index is 1.31. The summed E-state index contributed by atoms with van der Waals surface area (Å²) in [6.45, 7) is 9.24. The van der Waals surface area contributed by atoms with E-state index in [1.54, 1.807) is 4.90 Å². The third kappa shape index (κ3) is 3.94. The first kappa shape index (κ1) is 22.8. The van der Waals surface area contributed by atoms with Crippen LogP contribution in [0, 0.1) is 13.8 Å². The van der Waals surface area contributed by atoms with Crippen LogP contribution in [-0.2, 0) is 0 Å². The van der Waals surface area contributed by atoms with Gasteiger partial charge in [0, 0.05) is 68.3 Å². The molecule has 1 amide bonds. The summed E-state index contributed by atoms with van der Waals surface area (Å²) < 4.78 is 5.68. The molecule has 5 heterocycles. The van der Waals surface area contributed by atoms with Gasteiger partial charge in [-0.1, -0.05) is 0 Å². The molecule has 0 radical (unpaired) electrons. The first-order chi connectivity index (χ1) is 17.4. The summed E-state index contributed by atoms with van der Waals surface area (Å²) in [6, 6.07) is 6.56. The van der Waals surface area contributed by atoms with Crippen molar-refractivity contribution in [2.45, 2.75) is 20.0 Å². The van der Waals surface area contributed by atoms with Gasteiger partial charge in [-0.2, -0.15) is 0 Å². The highest BCUT2D eigenvalue weighted by atomic mass is 16.3. The number of benzene rings is 1. The molecule has 0 bridgehead atoms. The molecule has 4 aromatic rings. The summed E-state index contributed by atoms with van der Waals surface area (Å²) in [6.07, 6.45) is 4.61. The number of anilines is 1. The topological polar surface area (TPSA) is 102 Å². The summed E-state index contributed by atoms with van der Waals surface area (Å²) in [5, 5.41) is 10.4. The molecule has 0 aliphatic carbocycles. The molecule has 2 N–H and O–H groups in total. The number of aryl methyl sites for hydroxylation is 2. The van der Waals surface area contributed by atoms with Gasteiger partial charge < -0.3 is 29.2 Å². The van der Waals surface area contributed by atoms with Crippen molar-refractivity contribution in [2.75, 3.05) is 51.2 Å². The Hall–Kier alpha value is -3.69. The van der Waals surface area contributed by atoms with Crippen LogP contribution in [0.4, 0.5) is 5.69 Å². The number of carbonyl (C=O) groups excluding carboxylic acids is 1. The maximum Gasteiger partial charge on any atom is 0.276 e. The number of hydrogen-bond acceptors (Lipinski definition) is 7. The lowest BCUT2D eigenvalue weighted by molar-refractivity contribution is 0.00550. The smallest absolute Gasteiger partial charge is 0.276 e. The van der Waals surface area contributed by atoms with Crippen molar-refractivity contribution in [3.8, 4) is 22.6 Å². The molecule has 36 heavy (non-hydrogen) atoms. The fraction of sp³-hybridized carbons (Fsp3) is 0.370. The molecule has 2 fully saturated rings. The lowest BCUT2D eigenvalue weighted by Gasteiger charge is -2.36. The normalized spacial score (nSPS) is 17.1. The highest BCUT2D eigenvalue weighted by Crippen LogP contribution is 2.34. The summed E-state index contributed by atoms with van der Waals surface area (Å²) in [7, 11) is 2.17. The number of nitrogens with zero attached hydrogens (tertiary/aromatic N) is 5. The summed E-state index contributed by atoms with van der Waals surface area (Å²) in [4.78, 5) is 31.2. The van der Waals surface area contributed by atoms with E-state index >= 15 is 0 Å². The van der Waals surface area contributed by atoms with Crippen LogP contribution >= 0.6 is 0 Å². The Morgan fingerprint density at radius 2 is 1.81 bits per heavy atom. The molecule has 0 saturated carbocycles. The zero-order chi connectivity index (χ0) is 25.0. The SMILES string of the molecule is Cc1cc(-c2cnc3[nH]cc(-c4nc(C(=O)N5CC(O)C5)co4)c3c2)cc(C)c1N1CCN(C)CC1. The number of aromatic amines is 1. The van der Waals surface area contributed by atoms with E-state index in [1.165, 1.54) is 23.1 Å². The molecule has 2 aliphatic rings. The second-order valence-electron chi connectivity index (χ2n) is 9.97. The van der Waals surface area contributed by atoms with E-state index < -0.39 is 6.10 Å². The van der Waals surface area contributed by atoms with Crippen LogP contribution < -0.4 is 4.90 Å². The zero-order valence-electron chi connectivity index (χ0n) is 20.8. The Morgan fingerprint density at radius 1 is 1.08 bits per heavy atom. The van der Waals surface area contributed by atoms with E-state index in [0.29, 0.717) is 19.0 Å². The van der Waals surface area contributed by atoms with E-state index in [9.17, 15) is 9.90 Å². The van der Waals surface area contributed by atoms with Crippen LogP contribution in [0.2, 0.25) is 0 Å². The molecular weight excluding hydrogens is 456 g/mol. The Labute approximate surface area is 209 Å². The molecule has 0 spiro atoms. The number of aliphatic hydroxyl groups is 1. The molecule has 186 valence electrons. The first-order valence-corrected chi connectivity index (χ1v) is 12.3. The number of aromatic nitrogens is 3. The summed E-state index contributed by atoms with van der Waals surface area (Å²) >= 11 is 0. The van der Waals surface area contributed by atoms with E-state index in [4.69, 9.17) is 4.42 Å². The van der Waals surface area contributed by atoms with Gasteiger partial charge in [-0.3, -0.25) is 4.79 Å². The number of fused-ring (bicyclic) bond motifs is 1. The van der Waals surface area contributed by atoms with Crippen LogP contribution in [0.3, 0.4) is 0 Å². The zero-order valence-corrected chi connectivity index (χ0v) is 20.8. The molecule has 9 heteroatoms. The number of carbonyl (C=O) groups is 1. The molecule has 9 nitrogen and oxygen atoms in total. The number of rotatable bonds is 4. The van der Waals surface area contributed by atoms with Crippen molar-refractivity contribution in [1.82, 2.24) is 24.8 Å². The molecule has 2 saturated heterocycles. The Morgan fingerprint density at radius 3 is 2.50 bits per heavy atom. The third-order valence-corrected chi connectivity index (χ3v) is 7.28. The van der Waals surface area contributed by atoms with Crippen molar-refractivity contribution in [3.05, 3.63) is 53.7 Å². The summed E-state index contributed by atoms with van der Waals surface area (Å²) in [5.74, 6) is 0.128. The highest BCUT2D eigenvalue weighted by molar-refractivity contribution is 5.96. The fourth-order valence-corrected chi connectivity index (χ4v) is 5.27. The highest BCUT2D eigenvalue weighted by Gasteiger charge is 2.31. The molecule has 0 atom stereocenters. The minimum Gasteiger partial charge on any atom is -0.444 e. The largest absolute Gasteiger partial charge is 0.444 e. The number of piperazine rings is 1. The molecule has 6 rings (SSSR count). The minimum absolute atomic E-state index is 0.236. The van der Waals surface area contributed by atoms with Gasteiger partial charge in [-0.05, 0) is 55.8 Å². The van der Waals surface area contributed by atoms with Gasteiger partial charge >= 0.3 is 0 Å². The number of hydrogen-bond donors (Lipinski definition) is 2. The van der Waals surface area contributed by atoms with Crippen LogP contribution in [0.25, 0.3) is 33.6 Å². The van der Waals surface area contributed by atoms with Crippen molar-refractivity contribution >= 4 is 22.6 Å². The van der Waals surface area contributed by atoms with Gasteiger partial charge in [-0.15, -0.1) is 0 Å². The molecular formula is C27H30N6O3. The predicted molar refractivity (Wildman–Crippen MR) is 138 cm³/mol. The number of aliphatic hydroxyl groups excluding tert-OH is 1. The Bertz CT molecular complexity index is 1420. The van der Waals surface area contributed by atoms with Gasteiger partial charge in [0.1, 0.15) is 11.9 Å². The van der Waals surface area contributed by atoms with Crippen LogP contribution in [0.15, 0.2) is 41.3 Å². The maximum atomic E-state index is 12.5. The van der Waals surface area contributed by atoms with E-state index in [-0.39, 0.29) is 11.6 Å². The van der Waals surface area contributed by atoms with E-state index in [0.717, 1.165) is 53.9 Å². The van der Waals surface area contributed by atoms with Gasteiger partial charge in [0.15, 0.2) is 5.69 Å². The first-order valence-electron chi connectivity index (χ1n) is 12.3. The number of amides is 1. The lowest BCUT2D eigenvalue weighted by atomic mass is 9.98. The summed E-state index contributed by atoms with van der Waals surface area (Å²) in [5.41, 5.74) is 7.70. The van der Waals surface area contributed by atoms with Gasteiger partial charge in [-0.25, -0.2) is 9.97 Å². The Kier molecular flexibility index (Phi) is 5.54. The van der Waals surface area contributed by atoms with Crippen LogP contribution in [-0.4, -0.2) is 88.2 Å². The minimum atomic E-state index is -0.457. The van der Waals surface area contributed by atoms with Crippen molar-refractivity contribution in [3.63, 3.8) is 0 Å². The number of likely N-dealkylation sites (tertiary alicyclic amines) is 1. The van der Waals surface area contributed by atoms with Crippen LogP contribution in [0.5, 0.6) is 0 Å². The number of H-pyrrole nitrogens is 1. The van der Waals surface area contributed by atoms with Gasteiger partial charge in [0.05, 0.1) is 11.7 Å². The fourth-order valence-electron chi connectivity index (χ4n) is 5.27. The maximum absolute atomic E-state index is 12.5. The number of nitrogens with one attached hydrogen (secondary N) is 1. The van der Waals surface area contributed by atoms with Crippen molar-refractivity contribution in [2.24, 2.45) is 0 Å². The second kappa shape index (κ2) is 8.76. The van der Waals surface area contributed by atoms with Gasteiger partial charge in [0.2, 0.25) is 5.89 Å². The lowest BCUT2D eigenvalue weighted by Crippen LogP contribution is -2.53. The number of likely N-dealkylation sites (N-methyl/N-ethyl adjacent to an activating group) is 1. The number of β-amino-alcohol motifs (C(OH)–C–C–N with tert-alkyl or cyclic N) is 1. The molecule has 0 unspecified atom stereocenters. The number of oxazole rings is 1. The van der Waals surface area contributed by atoms with Crippen molar-refractivity contribution in [1.29, 1.82) is 0 Å². The van der Waals surface area contributed by atoms with Crippen molar-refractivity contribution < 1.29 is 14.3 Å². The molecule has 3 aromatic heterocycles. The number of pyridine rings is 1. The average molecular weight is 487 g/mol. The van der Waals surface area contributed by atoms with Gasteiger partial charge in [0.25, 0.3) is 5.91 Å². The monoisotopic (exact) mass is 486 g/mol. The van der Waals surface area contributed by atoms with E-state index in [2.05, 4.69) is 63.8 Å². The predicted octanol–water partition coefficient (Wildman–Crippen LogP) is 3.07. The average Bonchev–Trinajstić information content (AvgIpc) is 3.49. The molecule has 2 aliphatic heterocycles. The van der Waals surface area contributed by atoms with E-state index in [1.807, 2.05) is 12.4 Å². The third-order valence-electron chi connectivity index (χ3n) is 7.28. The quantitative estimate of drug-likeness (QED) is 0.457. The molecule has 1 aromatic carbocycles. The second-order valence-corrected chi connectivity index (χ2v) is 9.97.